The van der Waals surface area contributed by atoms with Crippen molar-refractivity contribution in [3.05, 3.63) is 12.7 Å². The number of alkyl halides is 1. The molecule has 1 fully saturated rings. The molecule has 1 aliphatic rings. The standard InChI is InChI=1S/C8H11IO/c1-2-6-4-3-5-7(10)8(6)9/h2,6,8H,1,3-5H2/t6-,8+/m0/s1. The van der Waals surface area contributed by atoms with Crippen LogP contribution in [0, 0.1) is 5.92 Å². The van der Waals surface area contributed by atoms with Crippen LogP contribution in [-0.4, -0.2) is 9.71 Å². The van der Waals surface area contributed by atoms with E-state index in [1.54, 1.807) is 0 Å². The molecule has 0 unspecified atom stereocenters. The van der Waals surface area contributed by atoms with Crippen LogP contribution in [0.4, 0.5) is 0 Å². The second-order valence-corrected chi connectivity index (χ2v) is 4.00. The number of Topliss-reactive ketones (excluding diaryl/α,β-unsaturated/α-hetero) is 1. The lowest BCUT2D eigenvalue weighted by molar-refractivity contribution is -0.120. The summed E-state index contributed by atoms with van der Waals surface area (Å²) < 4.78 is 0.198. The topological polar surface area (TPSA) is 17.1 Å². The maximum Gasteiger partial charge on any atom is 0.146 e. The van der Waals surface area contributed by atoms with Gasteiger partial charge in [-0.05, 0) is 18.8 Å². The van der Waals surface area contributed by atoms with Crippen molar-refractivity contribution in [2.45, 2.75) is 23.2 Å². The molecule has 2 atom stereocenters. The van der Waals surface area contributed by atoms with Gasteiger partial charge in [-0.1, -0.05) is 28.7 Å². The first-order chi connectivity index (χ1) is 4.75. The molecule has 1 saturated carbocycles. The van der Waals surface area contributed by atoms with E-state index in [0.717, 1.165) is 19.3 Å². The van der Waals surface area contributed by atoms with Crippen molar-refractivity contribution < 1.29 is 4.79 Å². The van der Waals surface area contributed by atoms with Gasteiger partial charge in [0.1, 0.15) is 5.78 Å². The SMILES string of the molecule is C=C[C@H]1CCCC(=O)[C@@H]1I. The van der Waals surface area contributed by atoms with Crippen LogP contribution in [0.2, 0.25) is 0 Å². The van der Waals surface area contributed by atoms with Crippen LogP contribution in [0.3, 0.4) is 0 Å². The van der Waals surface area contributed by atoms with Crippen LogP contribution in [0.5, 0.6) is 0 Å². The predicted octanol–water partition coefficient (Wildman–Crippen LogP) is 2.35. The molecule has 1 nitrogen and oxygen atoms in total. The normalized spacial score (nSPS) is 33.9. The van der Waals surface area contributed by atoms with Gasteiger partial charge in [-0.2, -0.15) is 0 Å². The summed E-state index contributed by atoms with van der Waals surface area (Å²) in [5.74, 6) is 0.832. The van der Waals surface area contributed by atoms with Crippen LogP contribution in [0.1, 0.15) is 19.3 Å². The minimum Gasteiger partial charge on any atom is -0.299 e. The first kappa shape index (κ1) is 8.24. The third kappa shape index (κ3) is 1.59. The molecule has 0 spiro atoms. The molecule has 10 heavy (non-hydrogen) atoms. The number of halogens is 1. The fourth-order valence-electron chi connectivity index (χ4n) is 1.27. The molecule has 0 radical (unpaired) electrons. The van der Waals surface area contributed by atoms with E-state index in [2.05, 4.69) is 29.2 Å². The van der Waals surface area contributed by atoms with E-state index in [1.165, 1.54) is 0 Å². The molecule has 1 rings (SSSR count). The van der Waals surface area contributed by atoms with Gasteiger partial charge in [-0.15, -0.1) is 6.58 Å². The van der Waals surface area contributed by atoms with E-state index in [-0.39, 0.29) is 3.92 Å². The van der Waals surface area contributed by atoms with Crippen LogP contribution in [0.15, 0.2) is 12.7 Å². The zero-order valence-electron chi connectivity index (χ0n) is 5.85. The van der Waals surface area contributed by atoms with Crippen LogP contribution in [-0.2, 0) is 4.79 Å². The highest BCUT2D eigenvalue weighted by molar-refractivity contribution is 14.1. The summed E-state index contributed by atoms with van der Waals surface area (Å²) in [7, 11) is 0. The van der Waals surface area contributed by atoms with Gasteiger partial charge in [0.05, 0.1) is 3.92 Å². The van der Waals surface area contributed by atoms with Gasteiger partial charge in [0.25, 0.3) is 0 Å². The Bertz CT molecular complexity index is 153. The number of rotatable bonds is 1. The van der Waals surface area contributed by atoms with E-state index in [4.69, 9.17) is 0 Å². The van der Waals surface area contributed by atoms with Gasteiger partial charge in [0.2, 0.25) is 0 Å². The van der Waals surface area contributed by atoms with Gasteiger partial charge < -0.3 is 0 Å². The minimum atomic E-state index is 0.198. The Morgan fingerprint density at radius 1 is 1.70 bits per heavy atom. The second kappa shape index (κ2) is 3.51. The third-order valence-corrected chi connectivity index (χ3v) is 3.57. The number of carbonyl (C=O) groups excluding carboxylic acids is 1. The molecule has 0 aromatic heterocycles. The maximum absolute atomic E-state index is 11.1. The van der Waals surface area contributed by atoms with Crippen molar-refractivity contribution in [3.63, 3.8) is 0 Å². The molecule has 0 heterocycles. The number of allylic oxidation sites excluding steroid dienone is 1. The summed E-state index contributed by atoms with van der Waals surface area (Å²) in [6.07, 6.45) is 4.88. The number of hydrogen-bond donors (Lipinski definition) is 0. The molecule has 0 amide bonds. The van der Waals surface area contributed by atoms with Crippen LogP contribution < -0.4 is 0 Å². The molecule has 0 aromatic carbocycles. The molecule has 0 aliphatic heterocycles. The van der Waals surface area contributed by atoms with E-state index in [9.17, 15) is 4.79 Å². The van der Waals surface area contributed by atoms with Crippen LogP contribution >= 0.6 is 22.6 Å². The second-order valence-electron chi connectivity index (χ2n) is 2.66. The highest BCUT2D eigenvalue weighted by Crippen LogP contribution is 2.28. The third-order valence-electron chi connectivity index (χ3n) is 1.95. The Kier molecular flexibility index (Phi) is 2.89. The fourth-order valence-corrected chi connectivity index (χ4v) is 2.24. The molecular weight excluding hydrogens is 239 g/mol. The molecular formula is C8H11IO. The van der Waals surface area contributed by atoms with E-state index in [1.807, 2.05) is 6.08 Å². The Hall–Kier alpha value is 0.140. The Balaban J connectivity index is 2.59. The summed E-state index contributed by atoms with van der Waals surface area (Å²) in [4.78, 5) is 11.1. The lowest BCUT2D eigenvalue weighted by Gasteiger charge is -2.22. The van der Waals surface area contributed by atoms with Gasteiger partial charge in [0, 0.05) is 6.42 Å². The van der Waals surface area contributed by atoms with E-state index in [0.29, 0.717) is 11.7 Å². The highest BCUT2D eigenvalue weighted by Gasteiger charge is 2.26. The van der Waals surface area contributed by atoms with Gasteiger partial charge in [0.15, 0.2) is 0 Å². The molecule has 56 valence electrons. The van der Waals surface area contributed by atoms with Crippen molar-refractivity contribution in [3.8, 4) is 0 Å². The number of hydrogen-bond acceptors (Lipinski definition) is 1. The molecule has 0 N–H and O–H groups in total. The van der Waals surface area contributed by atoms with E-state index >= 15 is 0 Å². The molecule has 1 aliphatic carbocycles. The fraction of sp³-hybridized carbons (Fsp3) is 0.625. The zero-order chi connectivity index (χ0) is 7.56. The monoisotopic (exact) mass is 250 g/mol. The smallest absolute Gasteiger partial charge is 0.146 e. The zero-order valence-corrected chi connectivity index (χ0v) is 8.00. The molecule has 0 bridgehead atoms. The number of carbonyl (C=O) groups is 1. The quantitative estimate of drug-likeness (QED) is 0.396. The van der Waals surface area contributed by atoms with Crippen molar-refractivity contribution in [1.29, 1.82) is 0 Å². The lowest BCUT2D eigenvalue weighted by Crippen LogP contribution is -2.26. The summed E-state index contributed by atoms with van der Waals surface area (Å²) in [5, 5.41) is 0. The molecule has 0 aromatic rings. The van der Waals surface area contributed by atoms with Crippen molar-refractivity contribution in [1.82, 2.24) is 0 Å². The van der Waals surface area contributed by atoms with Crippen molar-refractivity contribution in [2.75, 3.05) is 0 Å². The predicted molar refractivity (Wildman–Crippen MR) is 50.4 cm³/mol. The maximum atomic E-state index is 11.1. The average Bonchev–Trinajstić information content (AvgIpc) is 1.95. The van der Waals surface area contributed by atoms with Crippen molar-refractivity contribution in [2.24, 2.45) is 5.92 Å². The number of ketones is 1. The summed E-state index contributed by atoms with van der Waals surface area (Å²) in [6, 6.07) is 0. The summed E-state index contributed by atoms with van der Waals surface area (Å²) >= 11 is 2.22. The average molecular weight is 250 g/mol. The molecule has 2 heteroatoms. The van der Waals surface area contributed by atoms with Crippen LogP contribution in [0.25, 0.3) is 0 Å². The molecule has 0 saturated heterocycles. The Morgan fingerprint density at radius 2 is 2.40 bits per heavy atom. The first-order valence-corrected chi connectivity index (χ1v) is 4.79. The van der Waals surface area contributed by atoms with Gasteiger partial charge >= 0.3 is 0 Å². The lowest BCUT2D eigenvalue weighted by atomic mass is 9.88. The summed E-state index contributed by atoms with van der Waals surface area (Å²) in [5.41, 5.74) is 0. The van der Waals surface area contributed by atoms with E-state index < -0.39 is 0 Å². The summed E-state index contributed by atoms with van der Waals surface area (Å²) in [6.45, 7) is 3.71. The highest BCUT2D eigenvalue weighted by atomic mass is 127. The largest absolute Gasteiger partial charge is 0.299 e. The Labute approximate surface area is 75.0 Å². The van der Waals surface area contributed by atoms with Gasteiger partial charge in [-0.3, -0.25) is 4.79 Å². The first-order valence-electron chi connectivity index (χ1n) is 3.55. The Morgan fingerprint density at radius 3 is 2.90 bits per heavy atom. The van der Waals surface area contributed by atoms with Crippen molar-refractivity contribution >= 4 is 28.4 Å². The minimum absolute atomic E-state index is 0.198. The van der Waals surface area contributed by atoms with Gasteiger partial charge in [-0.25, -0.2) is 0 Å².